The number of alkyl carbamates (subject to hydrolysis) is 1. The minimum Gasteiger partial charge on any atom is -0.460 e. The summed E-state index contributed by atoms with van der Waals surface area (Å²) in [7, 11) is -3.65. The van der Waals surface area contributed by atoms with Crippen molar-refractivity contribution < 1.29 is 27.5 Å². The molecule has 0 heterocycles. The van der Waals surface area contributed by atoms with Gasteiger partial charge in [-0.25, -0.2) is 13.2 Å². The fraction of sp³-hybridized carbons (Fsp3) is 0.750. The highest BCUT2D eigenvalue weighted by atomic mass is 35.5. The molecule has 1 unspecified atom stereocenters. The fourth-order valence-electron chi connectivity index (χ4n) is 1.57. The van der Waals surface area contributed by atoms with Crippen LogP contribution in [0.2, 0.25) is 0 Å². The largest absolute Gasteiger partial charge is 0.460 e. The third-order valence-corrected chi connectivity index (χ3v) is 4.84. The first-order chi connectivity index (χ1) is 11.1. The van der Waals surface area contributed by atoms with Crippen LogP contribution in [0.25, 0.3) is 0 Å². The number of sulfone groups is 1. The number of nitrogens with one attached hydrogen (secondary N) is 1. The standard InChI is InChI=1S/C16H28ClNO6S/c1-8-25(21,22)12(17)9-11(10-13(19)23-15(2,3)4)18-14(20)24-16(5,6)7/h9,11H,8,10H2,1-7H3,(H,18,20). The summed E-state index contributed by atoms with van der Waals surface area (Å²) in [5.41, 5.74) is -1.46. The number of rotatable bonds is 6. The molecule has 0 bridgehead atoms. The Kier molecular flexibility index (Phi) is 8.44. The molecule has 0 aliphatic carbocycles. The Balaban J connectivity index is 5.35. The van der Waals surface area contributed by atoms with E-state index < -0.39 is 43.5 Å². The number of hydrogen-bond donors (Lipinski definition) is 1. The molecule has 0 radical (unpaired) electrons. The molecule has 1 atom stereocenters. The summed E-state index contributed by atoms with van der Waals surface area (Å²) < 4.78 is 33.5. The highest BCUT2D eigenvalue weighted by Gasteiger charge is 2.25. The molecule has 0 aromatic rings. The number of hydrogen-bond acceptors (Lipinski definition) is 6. The second-order valence-electron chi connectivity index (χ2n) is 7.42. The third-order valence-electron chi connectivity index (χ3n) is 2.52. The normalized spacial score (nSPS) is 14.6. The monoisotopic (exact) mass is 397 g/mol. The number of halogens is 1. The molecule has 9 heteroatoms. The van der Waals surface area contributed by atoms with Gasteiger partial charge in [0.15, 0.2) is 9.84 Å². The van der Waals surface area contributed by atoms with Crippen molar-refractivity contribution in [3.8, 4) is 0 Å². The van der Waals surface area contributed by atoms with Crippen molar-refractivity contribution >= 4 is 33.5 Å². The van der Waals surface area contributed by atoms with Crippen LogP contribution in [-0.2, 0) is 24.1 Å². The third kappa shape index (κ3) is 11.0. The maximum Gasteiger partial charge on any atom is 0.408 e. The van der Waals surface area contributed by atoms with E-state index in [-0.39, 0.29) is 12.2 Å². The maximum absolute atomic E-state index is 12.0. The molecule has 0 saturated heterocycles. The molecule has 1 N–H and O–H groups in total. The van der Waals surface area contributed by atoms with Crippen LogP contribution in [0.5, 0.6) is 0 Å². The Morgan fingerprint density at radius 1 is 1.08 bits per heavy atom. The van der Waals surface area contributed by atoms with Gasteiger partial charge in [0.05, 0.1) is 18.2 Å². The minimum absolute atomic E-state index is 0.200. The molecule has 0 rings (SSSR count). The molecule has 0 fully saturated rings. The van der Waals surface area contributed by atoms with Gasteiger partial charge in [0.25, 0.3) is 0 Å². The summed E-state index contributed by atoms with van der Waals surface area (Å²) in [4.78, 5) is 23.9. The Hall–Kier alpha value is -1.28. The molecule has 0 aliphatic rings. The van der Waals surface area contributed by atoms with Gasteiger partial charge in [-0.05, 0) is 47.6 Å². The topological polar surface area (TPSA) is 98.8 Å². The summed E-state index contributed by atoms with van der Waals surface area (Å²) in [5.74, 6) is -0.809. The molecule has 1 amide bonds. The molecule has 0 saturated carbocycles. The first kappa shape index (κ1) is 23.7. The molecular formula is C16H28ClNO6S. The molecule has 0 aromatic carbocycles. The van der Waals surface area contributed by atoms with Gasteiger partial charge >= 0.3 is 12.1 Å². The lowest BCUT2D eigenvalue weighted by Gasteiger charge is -2.24. The van der Waals surface area contributed by atoms with E-state index in [0.717, 1.165) is 6.08 Å². The number of ether oxygens (including phenoxy) is 2. The maximum atomic E-state index is 12.0. The Morgan fingerprint density at radius 3 is 1.96 bits per heavy atom. The van der Waals surface area contributed by atoms with Crippen molar-refractivity contribution in [2.24, 2.45) is 0 Å². The van der Waals surface area contributed by atoms with Crippen molar-refractivity contribution in [2.75, 3.05) is 5.75 Å². The molecule has 0 spiro atoms. The Labute approximate surface area is 155 Å². The van der Waals surface area contributed by atoms with Crippen LogP contribution < -0.4 is 5.32 Å². The number of carbonyl (C=O) groups is 2. The van der Waals surface area contributed by atoms with Crippen LogP contribution in [0.1, 0.15) is 54.9 Å². The minimum atomic E-state index is -3.65. The van der Waals surface area contributed by atoms with Crippen LogP contribution in [0, 0.1) is 0 Å². The zero-order valence-electron chi connectivity index (χ0n) is 15.8. The van der Waals surface area contributed by atoms with Gasteiger partial charge in [-0.2, -0.15) is 0 Å². The second kappa shape index (κ2) is 8.89. The van der Waals surface area contributed by atoms with Crippen LogP contribution in [0.4, 0.5) is 4.79 Å². The number of carbonyl (C=O) groups excluding carboxylic acids is 2. The zero-order valence-corrected chi connectivity index (χ0v) is 17.4. The van der Waals surface area contributed by atoms with E-state index in [1.54, 1.807) is 41.5 Å². The molecule has 0 aromatic heterocycles. The molecule has 0 aliphatic heterocycles. The van der Waals surface area contributed by atoms with Gasteiger partial charge in [0, 0.05) is 0 Å². The van der Waals surface area contributed by atoms with Gasteiger partial charge in [0.1, 0.15) is 15.6 Å². The highest BCUT2D eigenvalue weighted by molar-refractivity contribution is 7.96. The van der Waals surface area contributed by atoms with E-state index >= 15 is 0 Å². The van der Waals surface area contributed by atoms with E-state index in [1.165, 1.54) is 6.92 Å². The quantitative estimate of drug-likeness (QED) is 0.691. The predicted octanol–water partition coefficient (Wildman–Crippen LogP) is 3.13. The Bertz CT molecular complexity index is 584. The van der Waals surface area contributed by atoms with Gasteiger partial charge in [-0.3, -0.25) is 4.79 Å². The zero-order chi connectivity index (χ0) is 20.1. The lowest BCUT2D eigenvalue weighted by molar-refractivity contribution is -0.155. The average molecular weight is 398 g/mol. The van der Waals surface area contributed by atoms with Crippen molar-refractivity contribution in [3.05, 3.63) is 10.4 Å². The fourth-order valence-corrected chi connectivity index (χ4v) is 2.70. The highest BCUT2D eigenvalue weighted by Crippen LogP contribution is 2.17. The summed E-state index contributed by atoms with van der Waals surface area (Å²) in [6.07, 6.45) is 0.0240. The van der Waals surface area contributed by atoms with Crippen molar-refractivity contribution in [1.82, 2.24) is 5.32 Å². The average Bonchev–Trinajstić information content (AvgIpc) is 2.33. The lowest BCUT2D eigenvalue weighted by atomic mass is 10.1. The summed E-state index contributed by atoms with van der Waals surface area (Å²) in [6.45, 7) is 11.6. The summed E-state index contributed by atoms with van der Waals surface area (Å²) in [6, 6.07) is -0.987. The van der Waals surface area contributed by atoms with E-state index in [1.807, 2.05) is 0 Å². The molecule has 7 nitrogen and oxygen atoms in total. The lowest BCUT2D eigenvalue weighted by Crippen LogP contribution is -2.40. The van der Waals surface area contributed by atoms with Crippen molar-refractivity contribution in [2.45, 2.75) is 72.1 Å². The van der Waals surface area contributed by atoms with Crippen LogP contribution in [0.3, 0.4) is 0 Å². The first-order valence-electron chi connectivity index (χ1n) is 7.87. The van der Waals surface area contributed by atoms with Crippen molar-refractivity contribution in [3.63, 3.8) is 0 Å². The summed E-state index contributed by atoms with van der Waals surface area (Å²) in [5, 5.41) is 2.43. The number of amides is 1. The summed E-state index contributed by atoms with van der Waals surface area (Å²) >= 11 is 5.83. The molecule has 146 valence electrons. The van der Waals surface area contributed by atoms with E-state index in [0.29, 0.717) is 0 Å². The van der Waals surface area contributed by atoms with Gasteiger partial charge in [-0.1, -0.05) is 18.5 Å². The van der Waals surface area contributed by atoms with Gasteiger partial charge in [0.2, 0.25) is 0 Å². The first-order valence-corrected chi connectivity index (χ1v) is 9.90. The van der Waals surface area contributed by atoms with Gasteiger partial charge in [-0.15, -0.1) is 0 Å². The SMILES string of the molecule is CCS(=O)(=O)C(Cl)=CC(CC(=O)OC(C)(C)C)NC(=O)OC(C)(C)C. The van der Waals surface area contributed by atoms with Crippen LogP contribution >= 0.6 is 11.6 Å². The van der Waals surface area contributed by atoms with E-state index in [9.17, 15) is 18.0 Å². The van der Waals surface area contributed by atoms with E-state index in [2.05, 4.69) is 5.32 Å². The Morgan fingerprint density at radius 2 is 1.56 bits per heavy atom. The van der Waals surface area contributed by atoms with Crippen LogP contribution in [-0.4, -0.2) is 43.5 Å². The van der Waals surface area contributed by atoms with Gasteiger partial charge < -0.3 is 14.8 Å². The van der Waals surface area contributed by atoms with E-state index in [4.69, 9.17) is 21.1 Å². The molecule has 25 heavy (non-hydrogen) atoms. The molecular weight excluding hydrogens is 370 g/mol. The number of esters is 1. The smallest absolute Gasteiger partial charge is 0.408 e. The van der Waals surface area contributed by atoms with Crippen LogP contribution in [0.15, 0.2) is 10.4 Å². The second-order valence-corrected chi connectivity index (χ2v) is 10.3. The predicted molar refractivity (Wildman–Crippen MR) is 97.0 cm³/mol. The van der Waals surface area contributed by atoms with Crippen molar-refractivity contribution in [1.29, 1.82) is 0 Å².